The smallest absolute Gasteiger partial charge is 0.338 e. The SMILES string of the molecule is O=C(OCC1(O)CC(=O)C(O)C(O)C1O)c1ccccc1. The molecule has 1 saturated carbocycles. The maximum Gasteiger partial charge on any atom is 0.338 e. The monoisotopic (exact) mass is 296 g/mol. The lowest BCUT2D eigenvalue weighted by atomic mass is 9.78. The van der Waals surface area contributed by atoms with Crippen LogP contribution in [0.2, 0.25) is 0 Å². The Morgan fingerprint density at radius 2 is 1.86 bits per heavy atom. The maximum absolute atomic E-state index is 11.8. The first-order valence-corrected chi connectivity index (χ1v) is 6.36. The van der Waals surface area contributed by atoms with E-state index in [-0.39, 0.29) is 5.56 Å². The van der Waals surface area contributed by atoms with E-state index in [1.165, 1.54) is 12.1 Å². The molecular formula is C14H16O7. The van der Waals surface area contributed by atoms with Crippen LogP contribution in [0.4, 0.5) is 0 Å². The molecule has 0 saturated heterocycles. The van der Waals surface area contributed by atoms with Gasteiger partial charge in [0.05, 0.1) is 5.56 Å². The van der Waals surface area contributed by atoms with Crippen molar-refractivity contribution in [2.45, 2.75) is 30.3 Å². The van der Waals surface area contributed by atoms with Crippen molar-refractivity contribution >= 4 is 11.8 Å². The van der Waals surface area contributed by atoms with Gasteiger partial charge in [-0.25, -0.2) is 4.79 Å². The van der Waals surface area contributed by atoms with E-state index < -0.39 is 48.7 Å². The van der Waals surface area contributed by atoms with Gasteiger partial charge in [0.15, 0.2) is 5.78 Å². The molecule has 0 aliphatic heterocycles. The van der Waals surface area contributed by atoms with Crippen molar-refractivity contribution in [2.75, 3.05) is 6.61 Å². The number of Topliss-reactive ketones (excluding diaryl/α,β-unsaturated/α-hetero) is 1. The van der Waals surface area contributed by atoms with Crippen LogP contribution in [-0.4, -0.2) is 62.7 Å². The molecule has 114 valence electrons. The van der Waals surface area contributed by atoms with Crippen LogP contribution in [0.15, 0.2) is 30.3 Å². The highest BCUT2D eigenvalue weighted by Crippen LogP contribution is 2.28. The minimum Gasteiger partial charge on any atom is -0.459 e. The van der Waals surface area contributed by atoms with Gasteiger partial charge in [-0.1, -0.05) is 18.2 Å². The van der Waals surface area contributed by atoms with Crippen molar-refractivity contribution in [1.82, 2.24) is 0 Å². The van der Waals surface area contributed by atoms with Crippen LogP contribution in [0, 0.1) is 0 Å². The third-order valence-electron chi connectivity index (χ3n) is 3.47. The van der Waals surface area contributed by atoms with Gasteiger partial charge < -0.3 is 25.2 Å². The number of benzene rings is 1. The molecule has 0 amide bonds. The molecule has 1 aliphatic rings. The molecule has 4 N–H and O–H groups in total. The standard InChI is InChI=1S/C14H16O7/c15-9-6-14(20,12(18)11(17)10(9)16)7-21-13(19)8-4-2-1-3-5-8/h1-5,10-12,16-18,20H,6-7H2. The van der Waals surface area contributed by atoms with Crippen molar-refractivity contribution in [3.05, 3.63) is 35.9 Å². The fourth-order valence-electron chi connectivity index (χ4n) is 2.18. The second-order valence-electron chi connectivity index (χ2n) is 5.07. The number of carbonyl (C=O) groups excluding carboxylic acids is 2. The van der Waals surface area contributed by atoms with Crippen LogP contribution in [-0.2, 0) is 9.53 Å². The van der Waals surface area contributed by atoms with Crippen LogP contribution >= 0.6 is 0 Å². The Labute approximate surface area is 120 Å². The van der Waals surface area contributed by atoms with E-state index in [0.29, 0.717) is 0 Å². The lowest BCUT2D eigenvalue weighted by Gasteiger charge is -2.40. The highest BCUT2D eigenvalue weighted by atomic mass is 16.5. The number of carbonyl (C=O) groups is 2. The molecule has 7 heteroatoms. The zero-order valence-corrected chi connectivity index (χ0v) is 11.0. The van der Waals surface area contributed by atoms with Gasteiger partial charge in [-0.05, 0) is 12.1 Å². The Bertz CT molecular complexity index is 529. The molecule has 1 aliphatic carbocycles. The van der Waals surface area contributed by atoms with Crippen LogP contribution in [0.1, 0.15) is 16.8 Å². The van der Waals surface area contributed by atoms with E-state index in [1.54, 1.807) is 18.2 Å². The first kappa shape index (κ1) is 15.6. The summed E-state index contributed by atoms with van der Waals surface area (Å²) < 4.78 is 4.88. The molecule has 1 aromatic rings. The predicted octanol–water partition coefficient (Wildman–Crippen LogP) is -1.37. The maximum atomic E-state index is 11.8. The molecule has 0 heterocycles. The van der Waals surface area contributed by atoms with Crippen molar-refractivity contribution in [3.8, 4) is 0 Å². The van der Waals surface area contributed by atoms with E-state index in [0.717, 1.165) is 0 Å². The van der Waals surface area contributed by atoms with E-state index >= 15 is 0 Å². The number of esters is 1. The highest BCUT2D eigenvalue weighted by Gasteiger charge is 2.51. The molecular weight excluding hydrogens is 280 g/mol. The number of aliphatic hydroxyl groups is 4. The Morgan fingerprint density at radius 1 is 1.24 bits per heavy atom. The molecule has 7 nitrogen and oxygen atoms in total. The van der Waals surface area contributed by atoms with E-state index in [9.17, 15) is 30.0 Å². The Kier molecular flexibility index (Phi) is 4.38. The third-order valence-corrected chi connectivity index (χ3v) is 3.47. The first-order valence-electron chi connectivity index (χ1n) is 6.36. The fraction of sp³-hybridized carbons (Fsp3) is 0.429. The first-order chi connectivity index (χ1) is 9.85. The summed E-state index contributed by atoms with van der Waals surface area (Å²) in [7, 11) is 0. The summed E-state index contributed by atoms with van der Waals surface area (Å²) in [5, 5.41) is 38.8. The number of rotatable bonds is 3. The molecule has 1 fully saturated rings. The summed E-state index contributed by atoms with van der Waals surface area (Å²) in [4.78, 5) is 23.2. The largest absolute Gasteiger partial charge is 0.459 e. The lowest BCUT2D eigenvalue weighted by molar-refractivity contribution is -0.198. The minimum atomic E-state index is -2.12. The lowest BCUT2D eigenvalue weighted by Crippen LogP contribution is -2.63. The number of ether oxygens (including phenoxy) is 1. The van der Waals surface area contributed by atoms with Gasteiger partial charge in [0.1, 0.15) is 30.5 Å². The van der Waals surface area contributed by atoms with Crippen LogP contribution < -0.4 is 0 Å². The Balaban J connectivity index is 2.04. The Morgan fingerprint density at radius 3 is 2.48 bits per heavy atom. The van der Waals surface area contributed by atoms with Gasteiger partial charge >= 0.3 is 5.97 Å². The number of ketones is 1. The normalized spacial score (nSPS) is 32.8. The second-order valence-corrected chi connectivity index (χ2v) is 5.07. The number of hydrogen-bond acceptors (Lipinski definition) is 7. The second kappa shape index (κ2) is 5.90. The van der Waals surface area contributed by atoms with Crippen LogP contribution in [0.5, 0.6) is 0 Å². The summed E-state index contributed by atoms with van der Waals surface area (Å²) in [5.74, 6) is -1.56. The van der Waals surface area contributed by atoms with Crippen molar-refractivity contribution in [3.63, 3.8) is 0 Å². The zero-order chi connectivity index (χ0) is 15.6. The Hall–Kier alpha value is -1.80. The summed E-state index contributed by atoms with van der Waals surface area (Å²) in [5.41, 5.74) is -1.88. The van der Waals surface area contributed by atoms with E-state index in [1.807, 2.05) is 0 Å². The number of aliphatic hydroxyl groups excluding tert-OH is 3. The van der Waals surface area contributed by atoms with E-state index in [4.69, 9.17) is 4.74 Å². The molecule has 0 bridgehead atoms. The molecule has 2 rings (SSSR count). The predicted molar refractivity (Wildman–Crippen MR) is 69.3 cm³/mol. The van der Waals surface area contributed by atoms with Gasteiger partial charge in [0, 0.05) is 6.42 Å². The third kappa shape index (κ3) is 3.11. The van der Waals surface area contributed by atoms with Crippen LogP contribution in [0.25, 0.3) is 0 Å². The molecule has 0 spiro atoms. The van der Waals surface area contributed by atoms with Gasteiger partial charge in [-0.15, -0.1) is 0 Å². The van der Waals surface area contributed by atoms with Gasteiger partial charge in [-0.2, -0.15) is 0 Å². The van der Waals surface area contributed by atoms with Crippen LogP contribution in [0.3, 0.4) is 0 Å². The zero-order valence-electron chi connectivity index (χ0n) is 11.0. The summed E-state index contributed by atoms with van der Waals surface area (Å²) in [6, 6.07) is 7.99. The molecule has 0 aromatic heterocycles. The topological polar surface area (TPSA) is 124 Å². The summed E-state index contributed by atoms with van der Waals surface area (Å²) in [6.45, 7) is -0.669. The van der Waals surface area contributed by atoms with Gasteiger partial charge in [0.25, 0.3) is 0 Å². The van der Waals surface area contributed by atoms with E-state index in [2.05, 4.69) is 0 Å². The molecule has 4 unspecified atom stereocenters. The van der Waals surface area contributed by atoms with Crippen molar-refractivity contribution < 1.29 is 34.8 Å². The summed E-state index contributed by atoms with van der Waals surface area (Å²) in [6.07, 6.45) is -6.00. The van der Waals surface area contributed by atoms with Crippen molar-refractivity contribution in [2.24, 2.45) is 0 Å². The fourth-order valence-corrected chi connectivity index (χ4v) is 2.18. The average Bonchev–Trinajstić information content (AvgIpc) is 2.50. The van der Waals surface area contributed by atoms with Crippen molar-refractivity contribution in [1.29, 1.82) is 0 Å². The number of hydrogen-bond donors (Lipinski definition) is 4. The quantitative estimate of drug-likeness (QED) is 0.507. The molecule has 1 aromatic carbocycles. The molecule has 4 atom stereocenters. The highest BCUT2D eigenvalue weighted by molar-refractivity contribution is 5.89. The van der Waals surface area contributed by atoms with Gasteiger partial charge in [-0.3, -0.25) is 4.79 Å². The molecule has 0 radical (unpaired) electrons. The van der Waals surface area contributed by atoms with Gasteiger partial charge in [0.2, 0.25) is 0 Å². The average molecular weight is 296 g/mol. The summed E-state index contributed by atoms with van der Waals surface area (Å²) >= 11 is 0. The minimum absolute atomic E-state index is 0.248. The molecule has 21 heavy (non-hydrogen) atoms.